The number of carbonyl (C=O) groups excluding carboxylic acids is 1. The molecule has 2 aromatic carbocycles. The molecule has 1 heterocycles. The van der Waals surface area contributed by atoms with Crippen molar-refractivity contribution in [3.05, 3.63) is 42.2 Å². The number of piperazine rings is 1. The molecule has 1 saturated heterocycles. The highest BCUT2D eigenvalue weighted by atomic mass is 19.1. The van der Waals surface area contributed by atoms with Crippen molar-refractivity contribution in [2.45, 2.75) is 26.4 Å². The van der Waals surface area contributed by atoms with Crippen LogP contribution >= 0.6 is 0 Å². The lowest BCUT2D eigenvalue weighted by Crippen LogP contribution is -2.50. The molecule has 5 heteroatoms. The molecule has 0 aliphatic carbocycles. The first-order valence-corrected chi connectivity index (χ1v) is 8.25. The van der Waals surface area contributed by atoms with E-state index in [-0.39, 0.29) is 11.9 Å². The SMILES string of the molecule is CC(C)(C)OC(=O)N1CCN(c2cccc3cccc(F)c23)CC1. The Morgan fingerprint density at radius 3 is 2.29 bits per heavy atom. The summed E-state index contributed by atoms with van der Waals surface area (Å²) < 4.78 is 19.7. The molecule has 2 aromatic rings. The van der Waals surface area contributed by atoms with Crippen molar-refractivity contribution in [3.63, 3.8) is 0 Å². The van der Waals surface area contributed by atoms with Gasteiger partial charge in [0.15, 0.2) is 0 Å². The number of hydrogen-bond acceptors (Lipinski definition) is 3. The second-order valence-electron chi connectivity index (χ2n) is 7.07. The third-order valence-corrected chi connectivity index (χ3v) is 4.10. The lowest BCUT2D eigenvalue weighted by atomic mass is 10.1. The molecule has 0 unspecified atom stereocenters. The quantitative estimate of drug-likeness (QED) is 0.791. The van der Waals surface area contributed by atoms with Crippen molar-refractivity contribution in [1.29, 1.82) is 0 Å². The van der Waals surface area contributed by atoms with Crippen LogP contribution in [0.4, 0.5) is 14.9 Å². The second-order valence-corrected chi connectivity index (χ2v) is 7.07. The van der Waals surface area contributed by atoms with Gasteiger partial charge in [-0.2, -0.15) is 0 Å². The smallest absolute Gasteiger partial charge is 0.410 e. The Hall–Kier alpha value is -2.30. The first-order chi connectivity index (χ1) is 11.3. The number of benzene rings is 2. The summed E-state index contributed by atoms with van der Waals surface area (Å²) in [5.41, 5.74) is 0.391. The van der Waals surface area contributed by atoms with Gasteiger partial charge in [0.25, 0.3) is 0 Å². The van der Waals surface area contributed by atoms with Crippen molar-refractivity contribution >= 4 is 22.6 Å². The Bertz CT molecular complexity index is 741. The normalized spacial score (nSPS) is 15.7. The first-order valence-electron chi connectivity index (χ1n) is 8.25. The van der Waals surface area contributed by atoms with Crippen LogP contribution in [0.5, 0.6) is 0 Å². The number of anilines is 1. The Morgan fingerprint density at radius 1 is 1.04 bits per heavy atom. The van der Waals surface area contributed by atoms with Crippen LogP contribution < -0.4 is 4.90 Å². The van der Waals surface area contributed by atoms with Crippen molar-refractivity contribution < 1.29 is 13.9 Å². The second kappa shape index (κ2) is 6.30. The predicted octanol–water partition coefficient (Wildman–Crippen LogP) is 4.04. The van der Waals surface area contributed by atoms with Gasteiger partial charge in [-0.15, -0.1) is 0 Å². The van der Waals surface area contributed by atoms with E-state index in [1.807, 2.05) is 45.0 Å². The predicted molar refractivity (Wildman–Crippen MR) is 93.9 cm³/mol. The van der Waals surface area contributed by atoms with Gasteiger partial charge in [-0.3, -0.25) is 0 Å². The van der Waals surface area contributed by atoms with Crippen molar-refractivity contribution in [2.24, 2.45) is 0 Å². The summed E-state index contributed by atoms with van der Waals surface area (Å²) >= 11 is 0. The third-order valence-electron chi connectivity index (χ3n) is 4.10. The zero-order valence-corrected chi connectivity index (χ0v) is 14.4. The highest BCUT2D eigenvalue weighted by molar-refractivity contribution is 5.94. The van der Waals surface area contributed by atoms with Gasteiger partial charge in [0, 0.05) is 37.3 Å². The summed E-state index contributed by atoms with van der Waals surface area (Å²) in [6, 6.07) is 10.9. The number of ether oxygens (including phenoxy) is 1. The molecule has 24 heavy (non-hydrogen) atoms. The Morgan fingerprint density at radius 2 is 1.67 bits per heavy atom. The summed E-state index contributed by atoms with van der Waals surface area (Å²) in [6.45, 7) is 8.04. The van der Waals surface area contributed by atoms with E-state index in [0.29, 0.717) is 31.6 Å². The van der Waals surface area contributed by atoms with E-state index >= 15 is 0 Å². The molecule has 0 atom stereocenters. The minimum absolute atomic E-state index is 0.210. The van der Waals surface area contributed by atoms with Crippen LogP contribution in [0.25, 0.3) is 10.8 Å². The molecule has 4 nitrogen and oxygen atoms in total. The van der Waals surface area contributed by atoms with Gasteiger partial charge < -0.3 is 14.5 Å². The fourth-order valence-corrected chi connectivity index (χ4v) is 3.00. The van der Waals surface area contributed by atoms with Gasteiger partial charge in [-0.25, -0.2) is 9.18 Å². The number of amides is 1. The molecule has 1 fully saturated rings. The Balaban J connectivity index is 1.75. The molecular weight excluding hydrogens is 307 g/mol. The maximum atomic E-state index is 14.3. The summed E-state index contributed by atoms with van der Waals surface area (Å²) in [5.74, 6) is -0.210. The molecule has 0 radical (unpaired) electrons. The van der Waals surface area contributed by atoms with Gasteiger partial charge in [-0.05, 0) is 38.3 Å². The molecule has 128 valence electrons. The molecule has 0 aromatic heterocycles. The van der Waals surface area contributed by atoms with Gasteiger partial charge in [-0.1, -0.05) is 24.3 Å². The van der Waals surface area contributed by atoms with Crippen molar-refractivity contribution in [1.82, 2.24) is 4.90 Å². The minimum Gasteiger partial charge on any atom is -0.444 e. The van der Waals surface area contributed by atoms with Gasteiger partial charge in [0.1, 0.15) is 11.4 Å². The molecule has 0 saturated carbocycles. The largest absolute Gasteiger partial charge is 0.444 e. The van der Waals surface area contributed by atoms with Crippen molar-refractivity contribution in [2.75, 3.05) is 31.1 Å². The van der Waals surface area contributed by atoms with Gasteiger partial charge >= 0.3 is 6.09 Å². The number of nitrogens with zero attached hydrogens (tertiary/aromatic N) is 2. The van der Waals surface area contributed by atoms with Crippen LogP contribution in [-0.4, -0.2) is 42.8 Å². The summed E-state index contributed by atoms with van der Waals surface area (Å²) in [7, 11) is 0. The van der Waals surface area contributed by atoms with Crippen LogP contribution in [0.2, 0.25) is 0 Å². The first kappa shape index (κ1) is 16.6. The standard InChI is InChI=1S/C19H23FN2O2/c1-19(2,3)24-18(23)22-12-10-21(11-13-22)16-9-5-7-14-6-4-8-15(20)17(14)16/h4-9H,10-13H2,1-3H3. The highest BCUT2D eigenvalue weighted by Gasteiger charge is 2.26. The van der Waals surface area contributed by atoms with Gasteiger partial charge in [0.05, 0.1) is 0 Å². The molecule has 1 aliphatic rings. The van der Waals surface area contributed by atoms with Crippen LogP contribution in [0.1, 0.15) is 20.8 Å². The molecule has 0 N–H and O–H groups in total. The number of rotatable bonds is 1. The van der Waals surface area contributed by atoms with Gasteiger partial charge in [0.2, 0.25) is 0 Å². The zero-order valence-electron chi connectivity index (χ0n) is 14.4. The number of fused-ring (bicyclic) bond motifs is 1. The number of halogens is 1. The fraction of sp³-hybridized carbons (Fsp3) is 0.421. The molecule has 3 rings (SSSR count). The van der Waals surface area contributed by atoms with E-state index in [0.717, 1.165) is 11.1 Å². The lowest BCUT2D eigenvalue weighted by Gasteiger charge is -2.37. The van der Waals surface area contributed by atoms with Crippen LogP contribution in [-0.2, 0) is 4.74 Å². The summed E-state index contributed by atoms with van der Waals surface area (Å²) in [4.78, 5) is 16.0. The monoisotopic (exact) mass is 330 g/mol. The molecule has 0 spiro atoms. The summed E-state index contributed by atoms with van der Waals surface area (Å²) in [6.07, 6.45) is -0.286. The average Bonchev–Trinajstić information content (AvgIpc) is 2.53. The number of hydrogen-bond donors (Lipinski definition) is 0. The fourth-order valence-electron chi connectivity index (χ4n) is 3.00. The van der Waals surface area contributed by atoms with Crippen LogP contribution in [0, 0.1) is 5.82 Å². The Kier molecular flexibility index (Phi) is 4.35. The maximum Gasteiger partial charge on any atom is 0.410 e. The number of carbonyl (C=O) groups is 1. The molecule has 1 aliphatic heterocycles. The Labute approximate surface area is 141 Å². The zero-order chi connectivity index (χ0) is 17.3. The third kappa shape index (κ3) is 3.45. The molecule has 0 bridgehead atoms. The van der Waals surface area contributed by atoms with E-state index in [1.54, 1.807) is 11.0 Å². The van der Waals surface area contributed by atoms with E-state index in [4.69, 9.17) is 4.74 Å². The van der Waals surface area contributed by atoms with E-state index in [9.17, 15) is 9.18 Å². The average molecular weight is 330 g/mol. The van der Waals surface area contributed by atoms with Crippen LogP contribution in [0.15, 0.2) is 36.4 Å². The maximum absolute atomic E-state index is 14.3. The van der Waals surface area contributed by atoms with Crippen molar-refractivity contribution in [3.8, 4) is 0 Å². The topological polar surface area (TPSA) is 32.8 Å². The molecule has 1 amide bonds. The van der Waals surface area contributed by atoms with E-state index in [2.05, 4.69) is 4.90 Å². The highest BCUT2D eigenvalue weighted by Crippen LogP contribution is 2.30. The summed E-state index contributed by atoms with van der Waals surface area (Å²) in [5, 5.41) is 1.53. The van der Waals surface area contributed by atoms with E-state index in [1.165, 1.54) is 6.07 Å². The lowest BCUT2D eigenvalue weighted by molar-refractivity contribution is 0.0240. The van der Waals surface area contributed by atoms with E-state index < -0.39 is 5.60 Å². The molecular formula is C19H23FN2O2. The minimum atomic E-state index is -0.493. The van der Waals surface area contributed by atoms with Crippen LogP contribution in [0.3, 0.4) is 0 Å².